The third-order valence-electron chi connectivity index (χ3n) is 3.27. The molecular formula is C13H27NO4S. The molecule has 1 rings (SSSR count). The van der Waals surface area contributed by atoms with E-state index >= 15 is 0 Å². The second kappa shape index (κ2) is 9.69. The van der Waals surface area contributed by atoms with Crippen LogP contribution in [0.15, 0.2) is 0 Å². The van der Waals surface area contributed by atoms with E-state index < -0.39 is 10.1 Å². The van der Waals surface area contributed by atoms with Crippen molar-refractivity contribution >= 4 is 10.1 Å². The monoisotopic (exact) mass is 293 g/mol. The molecule has 1 aliphatic rings. The van der Waals surface area contributed by atoms with E-state index in [0.29, 0.717) is 6.61 Å². The van der Waals surface area contributed by atoms with E-state index in [9.17, 15) is 8.42 Å². The standard InChI is InChI=1S/C13H27NO4S/c1-19(15,16)18-11-7-5-3-2-4-6-8-14-9-12-17-13-10-14/h2-13H2,1H3. The third kappa shape index (κ3) is 10.3. The van der Waals surface area contributed by atoms with Gasteiger partial charge in [0.25, 0.3) is 10.1 Å². The predicted molar refractivity (Wildman–Crippen MR) is 75.8 cm³/mol. The van der Waals surface area contributed by atoms with Gasteiger partial charge in [-0.2, -0.15) is 8.42 Å². The van der Waals surface area contributed by atoms with Crippen LogP contribution in [0.1, 0.15) is 38.5 Å². The molecule has 0 bridgehead atoms. The first-order valence-electron chi connectivity index (χ1n) is 7.22. The van der Waals surface area contributed by atoms with Gasteiger partial charge in [-0.1, -0.05) is 25.7 Å². The fourth-order valence-electron chi connectivity index (χ4n) is 2.18. The second-order valence-corrected chi connectivity index (χ2v) is 6.75. The van der Waals surface area contributed by atoms with Gasteiger partial charge in [-0.3, -0.25) is 9.08 Å². The van der Waals surface area contributed by atoms with E-state index in [1.54, 1.807) is 0 Å². The number of ether oxygens (including phenoxy) is 1. The Hall–Kier alpha value is -0.170. The van der Waals surface area contributed by atoms with Crippen molar-refractivity contribution in [1.29, 1.82) is 0 Å². The Kier molecular flexibility index (Phi) is 8.61. The Labute approximate surface area is 117 Å². The number of hydrogen-bond acceptors (Lipinski definition) is 5. The van der Waals surface area contributed by atoms with Gasteiger partial charge < -0.3 is 4.74 Å². The summed E-state index contributed by atoms with van der Waals surface area (Å²) in [5.41, 5.74) is 0. The summed E-state index contributed by atoms with van der Waals surface area (Å²) >= 11 is 0. The molecule has 0 radical (unpaired) electrons. The first-order chi connectivity index (χ1) is 9.08. The highest BCUT2D eigenvalue weighted by atomic mass is 32.2. The van der Waals surface area contributed by atoms with E-state index in [4.69, 9.17) is 8.92 Å². The lowest BCUT2D eigenvalue weighted by atomic mass is 10.1. The molecule has 0 spiro atoms. The Morgan fingerprint density at radius 1 is 1.00 bits per heavy atom. The van der Waals surface area contributed by atoms with Gasteiger partial charge in [-0.25, -0.2) is 0 Å². The predicted octanol–water partition coefficient (Wildman–Crippen LogP) is 1.64. The molecule has 1 fully saturated rings. The molecule has 0 atom stereocenters. The van der Waals surface area contributed by atoms with Gasteiger partial charge in [0.05, 0.1) is 26.1 Å². The SMILES string of the molecule is CS(=O)(=O)OCCCCCCCCN1CCOCC1. The number of nitrogens with zero attached hydrogens (tertiary/aromatic N) is 1. The first-order valence-corrected chi connectivity index (χ1v) is 9.04. The topological polar surface area (TPSA) is 55.8 Å². The van der Waals surface area contributed by atoms with E-state index in [1.807, 2.05) is 0 Å². The molecule has 1 heterocycles. The minimum atomic E-state index is -3.25. The average molecular weight is 293 g/mol. The zero-order valence-corrected chi connectivity index (χ0v) is 12.8. The number of morpholine rings is 1. The maximum atomic E-state index is 10.7. The Morgan fingerprint density at radius 3 is 2.21 bits per heavy atom. The smallest absolute Gasteiger partial charge is 0.264 e. The molecular weight excluding hydrogens is 266 g/mol. The lowest BCUT2D eigenvalue weighted by Gasteiger charge is -2.26. The summed E-state index contributed by atoms with van der Waals surface area (Å²) in [4.78, 5) is 2.46. The Morgan fingerprint density at radius 2 is 1.58 bits per heavy atom. The normalized spacial score (nSPS) is 17.7. The molecule has 1 saturated heterocycles. The van der Waals surface area contributed by atoms with Crippen LogP contribution in [0.25, 0.3) is 0 Å². The maximum absolute atomic E-state index is 10.7. The minimum Gasteiger partial charge on any atom is -0.379 e. The summed E-state index contributed by atoms with van der Waals surface area (Å²) in [5.74, 6) is 0. The molecule has 0 aromatic heterocycles. The van der Waals surface area contributed by atoms with Crippen LogP contribution >= 0.6 is 0 Å². The second-order valence-electron chi connectivity index (χ2n) is 5.10. The average Bonchev–Trinajstić information content (AvgIpc) is 2.37. The highest BCUT2D eigenvalue weighted by Crippen LogP contribution is 2.07. The summed E-state index contributed by atoms with van der Waals surface area (Å²) < 4.78 is 31.4. The van der Waals surface area contributed by atoms with Crippen molar-refractivity contribution in [2.75, 3.05) is 45.7 Å². The van der Waals surface area contributed by atoms with E-state index in [-0.39, 0.29) is 0 Å². The summed E-state index contributed by atoms with van der Waals surface area (Å²) in [6.07, 6.45) is 7.87. The van der Waals surface area contributed by atoms with Crippen LogP contribution in [-0.4, -0.2) is 59.0 Å². The van der Waals surface area contributed by atoms with Crippen molar-refractivity contribution in [3.8, 4) is 0 Å². The third-order valence-corrected chi connectivity index (χ3v) is 3.86. The molecule has 6 heteroatoms. The van der Waals surface area contributed by atoms with E-state index in [0.717, 1.165) is 51.8 Å². The largest absolute Gasteiger partial charge is 0.379 e. The van der Waals surface area contributed by atoms with Crippen molar-refractivity contribution in [3.05, 3.63) is 0 Å². The van der Waals surface area contributed by atoms with Crippen LogP contribution in [0, 0.1) is 0 Å². The zero-order chi connectivity index (χ0) is 14.0. The molecule has 0 unspecified atom stereocenters. The lowest BCUT2D eigenvalue weighted by molar-refractivity contribution is 0.0371. The van der Waals surface area contributed by atoms with Crippen LogP contribution in [0.4, 0.5) is 0 Å². The van der Waals surface area contributed by atoms with Gasteiger partial charge in [0.2, 0.25) is 0 Å². The fourth-order valence-corrected chi connectivity index (χ4v) is 2.60. The Bertz CT molecular complexity index is 313. The molecule has 0 aliphatic carbocycles. The van der Waals surface area contributed by atoms with Gasteiger partial charge in [-0.05, 0) is 19.4 Å². The molecule has 1 aliphatic heterocycles. The number of hydrogen-bond donors (Lipinski definition) is 0. The van der Waals surface area contributed by atoms with Crippen molar-refractivity contribution < 1.29 is 17.3 Å². The first kappa shape index (κ1) is 16.9. The minimum absolute atomic E-state index is 0.326. The molecule has 114 valence electrons. The molecule has 0 aromatic carbocycles. The van der Waals surface area contributed by atoms with Gasteiger partial charge in [-0.15, -0.1) is 0 Å². The van der Waals surface area contributed by atoms with Crippen LogP contribution in [0.3, 0.4) is 0 Å². The fraction of sp³-hybridized carbons (Fsp3) is 1.00. The molecule has 0 N–H and O–H groups in total. The summed E-state index contributed by atoms with van der Waals surface area (Å²) in [6, 6.07) is 0. The zero-order valence-electron chi connectivity index (χ0n) is 12.0. The molecule has 19 heavy (non-hydrogen) atoms. The molecule has 0 amide bonds. The van der Waals surface area contributed by atoms with Crippen molar-refractivity contribution in [3.63, 3.8) is 0 Å². The molecule has 0 aromatic rings. The van der Waals surface area contributed by atoms with Crippen LogP contribution in [-0.2, 0) is 19.0 Å². The quantitative estimate of drug-likeness (QED) is 0.453. The highest BCUT2D eigenvalue weighted by Gasteiger charge is 2.08. The van der Waals surface area contributed by atoms with E-state index in [2.05, 4.69) is 4.90 Å². The lowest BCUT2D eigenvalue weighted by Crippen LogP contribution is -2.36. The summed E-state index contributed by atoms with van der Waals surface area (Å²) in [6.45, 7) is 5.40. The number of rotatable bonds is 10. The van der Waals surface area contributed by atoms with Crippen LogP contribution in [0.2, 0.25) is 0 Å². The molecule has 5 nitrogen and oxygen atoms in total. The van der Waals surface area contributed by atoms with E-state index in [1.165, 1.54) is 25.8 Å². The Balaban J connectivity index is 1.81. The van der Waals surface area contributed by atoms with Gasteiger partial charge >= 0.3 is 0 Å². The van der Waals surface area contributed by atoms with Crippen molar-refractivity contribution in [2.24, 2.45) is 0 Å². The molecule has 0 saturated carbocycles. The van der Waals surface area contributed by atoms with Crippen molar-refractivity contribution in [2.45, 2.75) is 38.5 Å². The van der Waals surface area contributed by atoms with Crippen LogP contribution < -0.4 is 0 Å². The van der Waals surface area contributed by atoms with Crippen LogP contribution in [0.5, 0.6) is 0 Å². The maximum Gasteiger partial charge on any atom is 0.264 e. The highest BCUT2D eigenvalue weighted by molar-refractivity contribution is 7.85. The number of unbranched alkanes of at least 4 members (excludes halogenated alkanes) is 5. The summed E-state index contributed by atoms with van der Waals surface area (Å²) in [7, 11) is -3.25. The van der Waals surface area contributed by atoms with Gasteiger partial charge in [0.15, 0.2) is 0 Å². The van der Waals surface area contributed by atoms with Gasteiger partial charge in [0, 0.05) is 13.1 Å². The summed E-state index contributed by atoms with van der Waals surface area (Å²) in [5, 5.41) is 0. The van der Waals surface area contributed by atoms with Gasteiger partial charge in [0.1, 0.15) is 0 Å². The van der Waals surface area contributed by atoms with Crippen molar-refractivity contribution in [1.82, 2.24) is 4.90 Å².